The summed E-state index contributed by atoms with van der Waals surface area (Å²) in [5, 5.41) is 14.6. The Morgan fingerprint density at radius 2 is 1.83 bits per heavy atom. The quantitative estimate of drug-likeness (QED) is 0.559. The van der Waals surface area contributed by atoms with Crippen molar-refractivity contribution in [1.29, 1.82) is 0 Å². The molecule has 0 aliphatic heterocycles. The number of halogens is 3. The van der Waals surface area contributed by atoms with E-state index in [2.05, 4.69) is 15.6 Å². The summed E-state index contributed by atoms with van der Waals surface area (Å²) in [4.78, 5) is 38.8. The number of nitrogens with one attached hydrogen (secondary N) is 2. The number of aromatic nitrogens is 1. The van der Waals surface area contributed by atoms with Gasteiger partial charge in [-0.3, -0.25) is 14.4 Å². The van der Waals surface area contributed by atoms with Gasteiger partial charge in [-0.25, -0.2) is 4.98 Å². The number of alkyl halides is 3. The number of carbonyl (C=O) groups is 3. The highest BCUT2D eigenvalue weighted by Gasteiger charge is 2.40. The number of benzene rings is 1. The fraction of sp³-hybridized carbons (Fsp3) is 0.333. The molecule has 156 valence electrons. The van der Waals surface area contributed by atoms with E-state index in [1.165, 1.54) is 0 Å². The van der Waals surface area contributed by atoms with Crippen LogP contribution in [0.4, 0.5) is 18.3 Å². The van der Waals surface area contributed by atoms with Gasteiger partial charge < -0.3 is 15.7 Å². The standard InChI is InChI=1S/C18H18F3N3O4S/c1-2-6-11(23-16(28)13(25)10-7-4-3-5-8-10)15(27)24-17-22-9-12(29-17)14(26)18(19,20)21/h3-5,7-9,11,13,25H,2,6H2,1H3,(H,23,28)(H,22,24,27)/t11-,13-/m0/s1. The van der Waals surface area contributed by atoms with Crippen LogP contribution in [-0.2, 0) is 9.59 Å². The fourth-order valence-electron chi connectivity index (χ4n) is 2.36. The van der Waals surface area contributed by atoms with Crippen molar-refractivity contribution in [2.45, 2.75) is 38.1 Å². The summed E-state index contributed by atoms with van der Waals surface area (Å²) in [6.07, 6.45) is -5.07. The molecule has 0 bridgehead atoms. The molecule has 0 saturated carbocycles. The number of nitrogens with zero attached hydrogens (tertiary/aromatic N) is 1. The number of amides is 2. The normalized spacial score (nSPS) is 13.4. The summed E-state index contributed by atoms with van der Waals surface area (Å²) < 4.78 is 37.4. The minimum absolute atomic E-state index is 0.207. The predicted octanol–water partition coefficient (Wildman–Crippen LogP) is 2.85. The van der Waals surface area contributed by atoms with Crippen LogP contribution >= 0.6 is 11.3 Å². The van der Waals surface area contributed by atoms with Crippen LogP contribution < -0.4 is 10.6 Å². The maximum absolute atomic E-state index is 12.5. The van der Waals surface area contributed by atoms with Crippen LogP contribution in [0.15, 0.2) is 36.5 Å². The first-order chi connectivity index (χ1) is 13.6. The van der Waals surface area contributed by atoms with Crippen LogP contribution in [0.3, 0.4) is 0 Å². The second-order valence-corrected chi connectivity index (χ2v) is 7.04. The third-order valence-electron chi connectivity index (χ3n) is 3.79. The molecule has 0 fully saturated rings. The number of carbonyl (C=O) groups excluding carboxylic acids is 3. The molecule has 2 aromatic rings. The van der Waals surface area contributed by atoms with E-state index in [-0.39, 0.29) is 11.6 Å². The summed E-state index contributed by atoms with van der Waals surface area (Å²) >= 11 is 0.379. The van der Waals surface area contributed by atoms with Gasteiger partial charge >= 0.3 is 6.18 Å². The van der Waals surface area contributed by atoms with Gasteiger partial charge in [-0.1, -0.05) is 55.0 Å². The Labute approximate surface area is 168 Å². The first kappa shape index (κ1) is 22.5. The highest BCUT2D eigenvalue weighted by molar-refractivity contribution is 7.17. The molecule has 1 aromatic heterocycles. The van der Waals surface area contributed by atoms with Crippen LogP contribution in [0.25, 0.3) is 0 Å². The minimum atomic E-state index is -5.04. The SMILES string of the molecule is CCC[C@H](NC(=O)[C@@H](O)c1ccccc1)C(=O)Nc1ncc(C(=O)C(F)(F)F)s1. The van der Waals surface area contributed by atoms with Gasteiger partial charge in [0.2, 0.25) is 5.91 Å². The van der Waals surface area contributed by atoms with Gasteiger partial charge in [-0.15, -0.1) is 0 Å². The van der Waals surface area contributed by atoms with Gasteiger partial charge in [0.05, 0.1) is 6.20 Å². The Kier molecular flexibility index (Phi) is 7.46. The number of aliphatic hydroxyl groups excluding tert-OH is 1. The Balaban J connectivity index is 2.05. The Hall–Kier alpha value is -2.79. The predicted molar refractivity (Wildman–Crippen MR) is 99.4 cm³/mol. The number of rotatable bonds is 8. The van der Waals surface area contributed by atoms with Crippen molar-refractivity contribution in [3.63, 3.8) is 0 Å². The Morgan fingerprint density at radius 1 is 1.17 bits per heavy atom. The summed E-state index contributed by atoms with van der Waals surface area (Å²) in [6, 6.07) is 7.06. The topological polar surface area (TPSA) is 108 Å². The zero-order valence-electron chi connectivity index (χ0n) is 15.2. The zero-order valence-corrected chi connectivity index (χ0v) is 16.0. The van der Waals surface area contributed by atoms with E-state index < -0.39 is 40.8 Å². The van der Waals surface area contributed by atoms with Gasteiger partial charge in [-0.2, -0.15) is 13.2 Å². The molecular formula is C18H18F3N3O4S. The van der Waals surface area contributed by atoms with Gasteiger partial charge in [0.15, 0.2) is 11.2 Å². The molecule has 0 unspecified atom stereocenters. The van der Waals surface area contributed by atoms with Crippen LogP contribution in [0.2, 0.25) is 0 Å². The lowest BCUT2D eigenvalue weighted by atomic mass is 10.1. The maximum atomic E-state index is 12.5. The van der Waals surface area contributed by atoms with E-state index in [4.69, 9.17) is 0 Å². The van der Waals surface area contributed by atoms with Gasteiger partial charge in [-0.05, 0) is 12.0 Å². The van der Waals surface area contributed by atoms with Gasteiger partial charge in [0.1, 0.15) is 10.9 Å². The van der Waals surface area contributed by atoms with Crippen molar-refractivity contribution in [3.05, 3.63) is 47.0 Å². The van der Waals surface area contributed by atoms with Crippen LogP contribution in [0.5, 0.6) is 0 Å². The smallest absolute Gasteiger partial charge is 0.378 e. The Morgan fingerprint density at radius 3 is 2.41 bits per heavy atom. The molecule has 0 radical (unpaired) electrons. The van der Waals surface area contributed by atoms with Crippen LogP contribution in [-0.4, -0.2) is 39.9 Å². The monoisotopic (exact) mass is 429 g/mol. The van der Waals surface area contributed by atoms with E-state index in [1.807, 2.05) is 0 Å². The van der Waals surface area contributed by atoms with Crippen molar-refractivity contribution in [3.8, 4) is 0 Å². The number of hydrogen-bond donors (Lipinski definition) is 3. The van der Waals surface area contributed by atoms with Crippen molar-refractivity contribution < 1.29 is 32.7 Å². The fourth-order valence-corrected chi connectivity index (χ4v) is 3.14. The summed E-state index contributed by atoms with van der Waals surface area (Å²) in [5.41, 5.74) is 0.343. The molecule has 11 heteroatoms. The molecule has 0 spiro atoms. The highest BCUT2D eigenvalue weighted by atomic mass is 32.1. The molecule has 7 nitrogen and oxygen atoms in total. The number of anilines is 1. The van der Waals surface area contributed by atoms with Crippen molar-refractivity contribution in [1.82, 2.24) is 10.3 Å². The lowest BCUT2D eigenvalue weighted by molar-refractivity contribution is -0.133. The second kappa shape index (κ2) is 9.61. The van der Waals surface area contributed by atoms with Crippen molar-refractivity contribution in [2.75, 3.05) is 5.32 Å². The van der Waals surface area contributed by atoms with E-state index in [0.29, 0.717) is 23.3 Å². The number of hydrogen-bond acceptors (Lipinski definition) is 6. The minimum Gasteiger partial charge on any atom is -0.378 e. The summed E-state index contributed by atoms with van der Waals surface area (Å²) in [5.74, 6) is -3.57. The second-order valence-electron chi connectivity index (χ2n) is 6.01. The number of aliphatic hydroxyl groups is 1. The molecule has 1 heterocycles. The number of ketones is 1. The summed E-state index contributed by atoms with van der Waals surface area (Å²) in [6.45, 7) is 1.77. The van der Waals surface area contributed by atoms with Gasteiger partial charge in [0, 0.05) is 0 Å². The lowest BCUT2D eigenvalue weighted by Gasteiger charge is -2.19. The third-order valence-corrected chi connectivity index (χ3v) is 4.70. The maximum Gasteiger partial charge on any atom is 0.455 e. The molecule has 0 aliphatic carbocycles. The van der Waals surface area contributed by atoms with Gasteiger partial charge in [0.25, 0.3) is 11.7 Å². The van der Waals surface area contributed by atoms with E-state index in [1.54, 1.807) is 37.3 Å². The molecule has 29 heavy (non-hydrogen) atoms. The third kappa shape index (κ3) is 6.09. The van der Waals surface area contributed by atoms with Crippen LogP contribution in [0.1, 0.15) is 41.1 Å². The molecule has 3 N–H and O–H groups in total. The number of thiazole rings is 1. The largest absolute Gasteiger partial charge is 0.455 e. The molecule has 1 aromatic carbocycles. The first-order valence-corrected chi connectivity index (χ1v) is 9.36. The molecule has 0 saturated heterocycles. The van der Waals surface area contributed by atoms with E-state index >= 15 is 0 Å². The molecule has 2 amide bonds. The summed E-state index contributed by atoms with van der Waals surface area (Å²) in [7, 11) is 0. The molecule has 0 aliphatic rings. The van der Waals surface area contributed by atoms with Crippen molar-refractivity contribution >= 4 is 34.1 Å². The molecule has 2 rings (SSSR count). The number of Topliss-reactive ketones (excluding diaryl/α,β-unsaturated/α-hetero) is 1. The Bertz CT molecular complexity index is 871. The lowest BCUT2D eigenvalue weighted by Crippen LogP contribution is -2.45. The van der Waals surface area contributed by atoms with E-state index in [9.17, 15) is 32.7 Å². The molecular weight excluding hydrogens is 411 g/mol. The average Bonchev–Trinajstić information content (AvgIpc) is 3.14. The average molecular weight is 429 g/mol. The van der Waals surface area contributed by atoms with Crippen molar-refractivity contribution in [2.24, 2.45) is 0 Å². The van der Waals surface area contributed by atoms with Crippen LogP contribution in [0, 0.1) is 0 Å². The molecule has 2 atom stereocenters. The highest BCUT2D eigenvalue weighted by Crippen LogP contribution is 2.27. The van der Waals surface area contributed by atoms with E-state index in [0.717, 1.165) is 6.20 Å². The first-order valence-electron chi connectivity index (χ1n) is 8.55. The zero-order chi connectivity index (χ0) is 21.6.